The van der Waals surface area contributed by atoms with Gasteiger partial charge in [0.15, 0.2) is 0 Å². The highest BCUT2D eigenvalue weighted by Crippen LogP contribution is 2.25. The molecule has 0 aliphatic carbocycles. The molecule has 0 saturated carbocycles. The standard InChI is InChI=1S/C8H12BrNO3S2/c1-6(5-13-2)10-15(11,12)8-4-3-7(9)14-8/h3-4,6,10H,5H2,1-2H3/t6-/m1/s1. The maximum atomic E-state index is 11.8. The van der Waals surface area contributed by atoms with E-state index in [0.717, 1.165) is 3.79 Å². The van der Waals surface area contributed by atoms with Crippen LogP contribution < -0.4 is 4.72 Å². The third-order valence-electron chi connectivity index (χ3n) is 1.59. The zero-order valence-electron chi connectivity index (χ0n) is 8.36. The minimum Gasteiger partial charge on any atom is -0.383 e. The molecule has 0 fully saturated rings. The molecular weight excluding hydrogens is 302 g/mol. The number of rotatable bonds is 5. The first-order valence-electron chi connectivity index (χ1n) is 4.22. The minimum absolute atomic E-state index is 0.235. The van der Waals surface area contributed by atoms with Crippen LogP contribution >= 0.6 is 27.3 Å². The Balaban J connectivity index is 2.76. The monoisotopic (exact) mass is 313 g/mol. The van der Waals surface area contributed by atoms with Crippen LogP contribution in [-0.2, 0) is 14.8 Å². The summed E-state index contributed by atoms with van der Waals surface area (Å²) in [5.41, 5.74) is 0. The first kappa shape index (κ1) is 13.1. The van der Waals surface area contributed by atoms with Crippen molar-refractivity contribution < 1.29 is 13.2 Å². The molecule has 1 aromatic rings. The van der Waals surface area contributed by atoms with Gasteiger partial charge in [0.2, 0.25) is 10.0 Å². The van der Waals surface area contributed by atoms with E-state index in [-0.39, 0.29) is 6.04 Å². The summed E-state index contributed by atoms with van der Waals surface area (Å²) in [5, 5.41) is 0. The van der Waals surface area contributed by atoms with Gasteiger partial charge in [0.25, 0.3) is 0 Å². The molecule has 1 aromatic heterocycles. The van der Waals surface area contributed by atoms with Crippen molar-refractivity contribution in [3.8, 4) is 0 Å². The predicted molar refractivity (Wildman–Crippen MR) is 63.7 cm³/mol. The van der Waals surface area contributed by atoms with Crippen LogP contribution in [0, 0.1) is 0 Å². The van der Waals surface area contributed by atoms with Crippen molar-refractivity contribution in [2.75, 3.05) is 13.7 Å². The summed E-state index contributed by atoms with van der Waals surface area (Å²) >= 11 is 4.40. The van der Waals surface area contributed by atoms with Crippen LogP contribution in [0.3, 0.4) is 0 Å². The van der Waals surface area contributed by atoms with Gasteiger partial charge in [0.05, 0.1) is 10.4 Å². The van der Waals surface area contributed by atoms with E-state index in [1.165, 1.54) is 18.4 Å². The normalized spacial score (nSPS) is 14.1. The van der Waals surface area contributed by atoms with Crippen LogP contribution in [0.15, 0.2) is 20.1 Å². The van der Waals surface area contributed by atoms with Crippen molar-refractivity contribution in [2.45, 2.75) is 17.2 Å². The molecule has 0 saturated heterocycles. The average Bonchev–Trinajstić information content (AvgIpc) is 2.51. The van der Waals surface area contributed by atoms with Gasteiger partial charge in [-0.1, -0.05) is 0 Å². The molecule has 0 aliphatic rings. The summed E-state index contributed by atoms with van der Waals surface area (Å²) < 4.78 is 32.0. The summed E-state index contributed by atoms with van der Waals surface area (Å²) in [6.07, 6.45) is 0. The van der Waals surface area contributed by atoms with Gasteiger partial charge >= 0.3 is 0 Å². The van der Waals surface area contributed by atoms with Gasteiger partial charge in [0, 0.05) is 13.2 Å². The quantitative estimate of drug-likeness (QED) is 0.902. The fraction of sp³-hybridized carbons (Fsp3) is 0.500. The Labute approximate surface area is 102 Å². The highest BCUT2D eigenvalue weighted by atomic mass is 79.9. The molecule has 0 spiro atoms. The van der Waals surface area contributed by atoms with Crippen molar-refractivity contribution in [3.63, 3.8) is 0 Å². The fourth-order valence-electron chi connectivity index (χ4n) is 1.05. The average molecular weight is 314 g/mol. The predicted octanol–water partition coefficient (Wildman–Crippen LogP) is 1.82. The van der Waals surface area contributed by atoms with E-state index in [4.69, 9.17) is 4.74 Å². The van der Waals surface area contributed by atoms with E-state index in [0.29, 0.717) is 10.8 Å². The second-order valence-electron chi connectivity index (χ2n) is 3.04. The smallest absolute Gasteiger partial charge is 0.250 e. The van der Waals surface area contributed by atoms with Gasteiger partial charge in [-0.25, -0.2) is 13.1 Å². The van der Waals surface area contributed by atoms with Crippen LogP contribution in [0.4, 0.5) is 0 Å². The number of halogens is 1. The summed E-state index contributed by atoms with van der Waals surface area (Å²) in [7, 11) is -1.87. The topological polar surface area (TPSA) is 55.4 Å². The second-order valence-corrected chi connectivity index (χ2v) is 7.44. The number of hydrogen-bond acceptors (Lipinski definition) is 4. The second kappa shape index (κ2) is 5.40. The largest absolute Gasteiger partial charge is 0.383 e. The van der Waals surface area contributed by atoms with Crippen LogP contribution in [0.25, 0.3) is 0 Å². The highest BCUT2D eigenvalue weighted by Gasteiger charge is 2.18. The molecule has 0 bridgehead atoms. The van der Waals surface area contributed by atoms with Crippen molar-refractivity contribution in [1.29, 1.82) is 0 Å². The van der Waals surface area contributed by atoms with E-state index in [9.17, 15) is 8.42 Å². The van der Waals surface area contributed by atoms with E-state index >= 15 is 0 Å². The first-order chi connectivity index (χ1) is 6.95. The SMILES string of the molecule is COC[C@@H](C)NS(=O)(=O)c1ccc(Br)s1. The summed E-state index contributed by atoms with van der Waals surface area (Å²) in [5.74, 6) is 0. The molecule has 0 aromatic carbocycles. The van der Waals surface area contributed by atoms with Gasteiger partial charge in [-0.15, -0.1) is 11.3 Å². The molecule has 4 nitrogen and oxygen atoms in total. The number of nitrogens with one attached hydrogen (secondary N) is 1. The lowest BCUT2D eigenvalue weighted by Gasteiger charge is -2.11. The zero-order chi connectivity index (χ0) is 11.5. The van der Waals surface area contributed by atoms with Crippen LogP contribution in [0.5, 0.6) is 0 Å². The lowest BCUT2D eigenvalue weighted by Crippen LogP contribution is -2.35. The van der Waals surface area contributed by atoms with Crippen molar-refractivity contribution in [2.24, 2.45) is 0 Å². The van der Waals surface area contributed by atoms with Gasteiger partial charge in [0.1, 0.15) is 4.21 Å². The van der Waals surface area contributed by atoms with E-state index in [2.05, 4.69) is 20.7 Å². The van der Waals surface area contributed by atoms with Crippen LogP contribution in [-0.4, -0.2) is 28.2 Å². The molecule has 0 radical (unpaired) electrons. The van der Waals surface area contributed by atoms with Gasteiger partial charge in [-0.2, -0.15) is 0 Å². The van der Waals surface area contributed by atoms with Crippen molar-refractivity contribution >= 4 is 37.3 Å². The molecule has 0 amide bonds. The summed E-state index contributed by atoms with van der Waals surface area (Å²) in [6, 6.07) is 3.04. The fourth-order valence-corrected chi connectivity index (χ4v) is 4.30. The van der Waals surface area contributed by atoms with Gasteiger partial charge in [-0.05, 0) is 35.0 Å². The van der Waals surface area contributed by atoms with E-state index in [1.807, 2.05) is 0 Å². The third kappa shape index (κ3) is 3.84. The maximum absolute atomic E-state index is 11.8. The number of hydrogen-bond donors (Lipinski definition) is 1. The highest BCUT2D eigenvalue weighted by molar-refractivity contribution is 9.11. The summed E-state index contributed by atoms with van der Waals surface area (Å²) in [6.45, 7) is 2.11. The molecule has 7 heteroatoms. The Hall–Kier alpha value is 0.0500. The van der Waals surface area contributed by atoms with E-state index < -0.39 is 10.0 Å². The van der Waals surface area contributed by atoms with Gasteiger partial charge in [-0.3, -0.25) is 0 Å². The summed E-state index contributed by atoms with van der Waals surface area (Å²) in [4.78, 5) is 0. The Morgan fingerprint density at radius 2 is 2.27 bits per heavy atom. The number of thiophene rings is 1. The first-order valence-corrected chi connectivity index (χ1v) is 7.31. The molecule has 1 rings (SSSR count). The van der Waals surface area contributed by atoms with E-state index in [1.54, 1.807) is 19.1 Å². The van der Waals surface area contributed by atoms with Crippen molar-refractivity contribution in [3.05, 3.63) is 15.9 Å². The number of methoxy groups -OCH3 is 1. The minimum atomic E-state index is -3.40. The molecule has 15 heavy (non-hydrogen) atoms. The van der Waals surface area contributed by atoms with Crippen molar-refractivity contribution in [1.82, 2.24) is 4.72 Å². The lowest BCUT2D eigenvalue weighted by molar-refractivity contribution is 0.180. The molecule has 1 N–H and O–H groups in total. The third-order valence-corrected chi connectivity index (χ3v) is 5.29. The number of sulfonamides is 1. The van der Waals surface area contributed by atoms with Crippen LogP contribution in [0.1, 0.15) is 6.92 Å². The molecule has 1 heterocycles. The number of ether oxygens (including phenoxy) is 1. The molecule has 0 aliphatic heterocycles. The molecule has 1 atom stereocenters. The molecule has 0 unspecified atom stereocenters. The lowest BCUT2D eigenvalue weighted by atomic mass is 10.4. The van der Waals surface area contributed by atoms with Crippen LogP contribution in [0.2, 0.25) is 0 Å². The molecule has 86 valence electrons. The Bertz CT molecular complexity index is 415. The van der Waals surface area contributed by atoms with Gasteiger partial charge < -0.3 is 4.74 Å². The Kier molecular flexibility index (Phi) is 4.72. The Morgan fingerprint density at radius 3 is 2.73 bits per heavy atom. The molecular formula is C8H12BrNO3S2. The zero-order valence-corrected chi connectivity index (χ0v) is 11.6. The maximum Gasteiger partial charge on any atom is 0.250 e. The Morgan fingerprint density at radius 1 is 1.60 bits per heavy atom.